The number of hydrogen-bond donors (Lipinski definition) is 1. The van der Waals surface area contributed by atoms with E-state index in [1.54, 1.807) is 0 Å². The van der Waals surface area contributed by atoms with Crippen molar-refractivity contribution in [1.29, 1.82) is 0 Å². The number of benzene rings is 1. The fraction of sp³-hybridized carbons (Fsp3) is 0.611. The molecule has 1 atom stereocenters. The third-order valence-electron chi connectivity index (χ3n) is 3.99. The standard InChI is InChI=1S/C18H28N2O2.ClH/c1-14(2)13-22-17-6-4-15(5-7-17)10-18(21)20-9-8-16(12-20)11-19-3;/h4-7,14,16,19H,8-13H2,1-3H3;1H. The third kappa shape index (κ3) is 6.40. The van der Waals surface area contributed by atoms with Crippen molar-refractivity contribution >= 4 is 18.3 Å². The van der Waals surface area contributed by atoms with E-state index in [-0.39, 0.29) is 18.3 Å². The Morgan fingerprint density at radius 2 is 2.04 bits per heavy atom. The molecule has 130 valence electrons. The molecule has 4 nitrogen and oxygen atoms in total. The number of carbonyl (C=O) groups excluding carboxylic acids is 1. The summed E-state index contributed by atoms with van der Waals surface area (Å²) in [6.07, 6.45) is 1.59. The van der Waals surface area contributed by atoms with Crippen LogP contribution in [0.3, 0.4) is 0 Å². The van der Waals surface area contributed by atoms with E-state index in [0.29, 0.717) is 18.3 Å². The number of ether oxygens (including phenoxy) is 1. The number of halogens is 1. The summed E-state index contributed by atoms with van der Waals surface area (Å²) in [6.45, 7) is 7.75. The minimum absolute atomic E-state index is 0. The van der Waals surface area contributed by atoms with Crippen molar-refractivity contribution in [3.05, 3.63) is 29.8 Å². The van der Waals surface area contributed by atoms with Crippen LogP contribution in [0.1, 0.15) is 25.8 Å². The van der Waals surface area contributed by atoms with Gasteiger partial charge in [0.1, 0.15) is 5.75 Å². The van der Waals surface area contributed by atoms with Gasteiger partial charge < -0.3 is 15.0 Å². The molecule has 1 unspecified atom stereocenters. The van der Waals surface area contributed by atoms with E-state index in [1.165, 1.54) is 0 Å². The minimum Gasteiger partial charge on any atom is -0.493 e. The summed E-state index contributed by atoms with van der Waals surface area (Å²) in [4.78, 5) is 14.3. The van der Waals surface area contributed by atoms with Crippen LogP contribution in [0.2, 0.25) is 0 Å². The second-order valence-corrected chi connectivity index (χ2v) is 6.58. The number of nitrogens with one attached hydrogen (secondary N) is 1. The SMILES string of the molecule is CNCC1CCN(C(=O)Cc2ccc(OCC(C)C)cc2)C1.Cl. The van der Waals surface area contributed by atoms with Gasteiger partial charge in [0.15, 0.2) is 0 Å². The van der Waals surface area contributed by atoms with E-state index < -0.39 is 0 Å². The lowest BCUT2D eigenvalue weighted by Gasteiger charge is -2.17. The molecule has 0 aromatic heterocycles. The molecule has 5 heteroatoms. The highest BCUT2D eigenvalue weighted by molar-refractivity contribution is 5.85. The lowest BCUT2D eigenvalue weighted by Crippen LogP contribution is -2.31. The topological polar surface area (TPSA) is 41.6 Å². The third-order valence-corrected chi connectivity index (χ3v) is 3.99. The van der Waals surface area contributed by atoms with Crippen LogP contribution in [0.15, 0.2) is 24.3 Å². The van der Waals surface area contributed by atoms with E-state index in [9.17, 15) is 4.79 Å². The zero-order chi connectivity index (χ0) is 15.9. The predicted molar refractivity (Wildman–Crippen MR) is 96.3 cm³/mol. The van der Waals surface area contributed by atoms with Crippen LogP contribution in [-0.4, -0.2) is 44.1 Å². The second kappa shape index (κ2) is 9.78. The second-order valence-electron chi connectivity index (χ2n) is 6.58. The average molecular weight is 341 g/mol. The van der Waals surface area contributed by atoms with Crippen LogP contribution in [0.4, 0.5) is 0 Å². The molecule has 0 bridgehead atoms. The molecule has 1 aliphatic heterocycles. The highest BCUT2D eigenvalue weighted by Crippen LogP contribution is 2.18. The summed E-state index contributed by atoms with van der Waals surface area (Å²) in [5.41, 5.74) is 1.05. The van der Waals surface area contributed by atoms with Crippen LogP contribution in [0.5, 0.6) is 5.75 Å². The van der Waals surface area contributed by atoms with Gasteiger partial charge in [-0.15, -0.1) is 12.4 Å². The van der Waals surface area contributed by atoms with Gasteiger partial charge in [-0.25, -0.2) is 0 Å². The van der Waals surface area contributed by atoms with Crippen LogP contribution >= 0.6 is 12.4 Å². The molecule has 1 N–H and O–H groups in total. The summed E-state index contributed by atoms with van der Waals surface area (Å²) in [5.74, 6) is 2.22. The number of rotatable bonds is 7. The van der Waals surface area contributed by atoms with Crippen LogP contribution < -0.4 is 10.1 Å². The Labute approximate surface area is 146 Å². The van der Waals surface area contributed by atoms with Crippen molar-refractivity contribution in [3.8, 4) is 5.75 Å². The van der Waals surface area contributed by atoms with Crippen LogP contribution in [0.25, 0.3) is 0 Å². The molecule has 1 saturated heterocycles. The van der Waals surface area contributed by atoms with E-state index in [4.69, 9.17) is 4.74 Å². The maximum Gasteiger partial charge on any atom is 0.226 e. The van der Waals surface area contributed by atoms with E-state index in [1.807, 2.05) is 36.2 Å². The lowest BCUT2D eigenvalue weighted by atomic mass is 10.1. The van der Waals surface area contributed by atoms with Crippen molar-refractivity contribution in [2.45, 2.75) is 26.7 Å². The van der Waals surface area contributed by atoms with Gasteiger partial charge in [-0.2, -0.15) is 0 Å². The Kier molecular flexibility index (Phi) is 8.42. The van der Waals surface area contributed by atoms with Crippen molar-refractivity contribution < 1.29 is 9.53 Å². The Morgan fingerprint density at radius 3 is 2.65 bits per heavy atom. The molecular formula is C18H29ClN2O2. The number of amides is 1. The van der Waals surface area contributed by atoms with E-state index in [0.717, 1.165) is 44.0 Å². The molecule has 1 amide bonds. The molecule has 2 rings (SSSR count). The van der Waals surface area contributed by atoms with Crippen LogP contribution in [-0.2, 0) is 11.2 Å². The minimum atomic E-state index is 0. The normalized spacial score (nSPS) is 17.2. The fourth-order valence-electron chi connectivity index (χ4n) is 2.77. The fourth-order valence-corrected chi connectivity index (χ4v) is 2.77. The summed E-state index contributed by atoms with van der Waals surface area (Å²) < 4.78 is 5.67. The molecule has 1 aliphatic rings. The zero-order valence-electron chi connectivity index (χ0n) is 14.4. The van der Waals surface area contributed by atoms with Crippen molar-refractivity contribution in [2.75, 3.05) is 33.3 Å². The molecule has 1 aromatic rings. The van der Waals surface area contributed by atoms with Gasteiger partial charge in [-0.3, -0.25) is 4.79 Å². The Bertz CT molecular complexity index is 476. The van der Waals surface area contributed by atoms with Gasteiger partial charge in [0.05, 0.1) is 13.0 Å². The average Bonchev–Trinajstić information content (AvgIpc) is 2.96. The van der Waals surface area contributed by atoms with Crippen molar-refractivity contribution in [1.82, 2.24) is 10.2 Å². The summed E-state index contributed by atoms with van der Waals surface area (Å²) >= 11 is 0. The lowest BCUT2D eigenvalue weighted by molar-refractivity contribution is -0.129. The predicted octanol–water partition coefficient (Wildman–Crippen LogP) is 2.75. The molecular weight excluding hydrogens is 312 g/mol. The summed E-state index contributed by atoms with van der Waals surface area (Å²) in [7, 11) is 1.97. The quantitative estimate of drug-likeness (QED) is 0.829. The van der Waals surface area contributed by atoms with Gasteiger partial charge in [-0.1, -0.05) is 26.0 Å². The maximum atomic E-state index is 12.3. The Morgan fingerprint density at radius 1 is 1.35 bits per heavy atom. The van der Waals surface area contributed by atoms with Gasteiger partial charge >= 0.3 is 0 Å². The van der Waals surface area contributed by atoms with Gasteiger partial charge in [0.2, 0.25) is 5.91 Å². The maximum absolute atomic E-state index is 12.3. The first-order chi connectivity index (χ1) is 10.6. The summed E-state index contributed by atoms with van der Waals surface area (Å²) in [6, 6.07) is 7.90. The first-order valence-electron chi connectivity index (χ1n) is 8.22. The number of likely N-dealkylation sites (tertiary alicyclic amines) is 1. The largest absolute Gasteiger partial charge is 0.493 e. The Hall–Kier alpha value is -1.26. The van der Waals surface area contributed by atoms with Crippen molar-refractivity contribution in [2.24, 2.45) is 11.8 Å². The molecule has 1 heterocycles. The van der Waals surface area contributed by atoms with Crippen LogP contribution in [0, 0.1) is 11.8 Å². The number of carbonyl (C=O) groups is 1. The van der Waals surface area contributed by atoms with Gasteiger partial charge in [0, 0.05) is 13.1 Å². The first-order valence-corrected chi connectivity index (χ1v) is 8.22. The summed E-state index contributed by atoms with van der Waals surface area (Å²) in [5, 5.41) is 3.19. The highest BCUT2D eigenvalue weighted by atomic mass is 35.5. The number of nitrogens with zero attached hydrogens (tertiary/aromatic N) is 1. The Balaban J connectivity index is 0.00000264. The molecule has 1 fully saturated rings. The molecule has 23 heavy (non-hydrogen) atoms. The van der Waals surface area contributed by atoms with E-state index in [2.05, 4.69) is 19.2 Å². The molecule has 1 aromatic carbocycles. The monoisotopic (exact) mass is 340 g/mol. The van der Waals surface area contributed by atoms with Gasteiger partial charge in [-0.05, 0) is 49.5 Å². The first kappa shape index (κ1) is 19.8. The molecule has 0 radical (unpaired) electrons. The zero-order valence-corrected chi connectivity index (χ0v) is 15.2. The highest BCUT2D eigenvalue weighted by Gasteiger charge is 2.25. The molecule has 0 aliphatic carbocycles. The molecule has 0 saturated carbocycles. The van der Waals surface area contributed by atoms with Gasteiger partial charge in [0.25, 0.3) is 0 Å². The van der Waals surface area contributed by atoms with Crippen molar-refractivity contribution in [3.63, 3.8) is 0 Å². The number of hydrogen-bond acceptors (Lipinski definition) is 3. The molecule has 0 spiro atoms. The smallest absolute Gasteiger partial charge is 0.226 e. The van der Waals surface area contributed by atoms with E-state index >= 15 is 0 Å².